The van der Waals surface area contributed by atoms with E-state index in [1.165, 1.54) is 19.1 Å². The zero-order valence-electron chi connectivity index (χ0n) is 9.61. The lowest BCUT2D eigenvalue weighted by molar-refractivity contribution is -0.129. The summed E-state index contributed by atoms with van der Waals surface area (Å²) in [5, 5.41) is 0.458. The van der Waals surface area contributed by atoms with Crippen molar-refractivity contribution < 1.29 is 13.2 Å². The molecule has 0 N–H and O–H groups in total. The second kappa shape index (κ2) is 4.72. The fraction of sp³-hybridized carbons (Fsp3) is 0.364. The minimum atomic E-state index is -3.79. The first kappa shape index (κ1) is 13.6. The molecule has 0 bridgehead atoms. The smallest absolute Gasteiger partial charge is 0.261 e. The highest BCUT2D eigenvalue weighted by molar-refractivity contribution is 8.13. The Hall–Kier alpha value is -0.780. The van der Waals surface area contributed by atoms with Gasteiger partial charge in [-0.25, -0.2) is 8.42 Å². The zero-order chi connectivity index (χ0) is 13.5. The van der Waals surface area contributed by atoms with Gasteiger partial charge in [-0.05, 0) is 29.7 Å². The van der Waals surface area contributed by atoms with Gasteiger partial charge in [-0.2, -0.15) is 0 Å². The average Bonchev–Trinajstić information content (AvgIpc) is 2.27. The number of hydrogen-bond acceptors (Lipinski definition) is 3. The number of amides is 1. The van der Waals surface area contributed by atoms with Crippen LogP contribution >= 0.6 is 22.3 Å². The van der Waals surface area contributed by atoms with E-state index in [0.29, 0.717) is 35.7 Å². The molecule has 0 radical (unpaired) electrons. The quantitative estimate of drug-likeness (QED) is 0.747. The van der Waals surface area contributed by atoms with E-state index in [-0.39, 0.29) is 10.8 Å². The molecule has 1 amide bonds. The van der Waals surface area contributed by atoms with Crippen molar-refractivity contribution in [1.82, 2.24) is 4.90 Å². The molecular weight excluding hydrogens is 297 g/mol. The summed E-state index contributed by atoms with van der Waals surface area (Å²) in [6.07, 6.45) is 0.441. The minimum absolute atomic E-state index is 0.0594. The lowest BCUT2D eigenvalue weighted by Crippen LogP contribution is -2.35. The molecule has 0 atom stereocenters. The first-order valence-electron chi connectivity index (χ1n) is 5.31. The SMILES string of the molecule is CC(=O)N1CCc2c(S(=O)(=O)Cl)ccc(Cl)c2C1. The molecule has 1 aliphatic heterocycles. The van der Waals surface area contributed by atoms with E-state index in [0.717, 1.165) is 0 Å². The van der Waals surface area contributed by atoms with Gasteiger partial charge in [0.15, 0.2) is 0 Å². The van der Waals surface area contributed by atoms with E-state index in [2.05, 4.69) is 0 Å². The summed E-state index contributed by atoms with van der Waals surface area (Å²) in [6, 6.07) is 2.91. The maximum atomic E-state index is 11.5. The fourth-order valence-electron chi connectivity index (χ4n) is 2.10. The van der Waals surface area contributed by atoms with E-state index >= 15 is 0 Å². The number of rotatable bonds is 1. The first-order chi connectivity index (χ1) is 8.30. The number of benzene rings is 1. The van der Waals surface area contributed by atoms with Crippen molar-refractivity contribution in [2.45, 2.75) is 24.8 Å². The second-order valence-corrected chi connectivity index (χ2v) is 7.07. The molecule has 4 nitrogen and oxygen atoms in total. The number of halogens is 2. The summed E-state index contributed by atoms with van der Waals surface area (Å²) in [6.45, 7) is 2.27. The van der Waals surface area contributed by atoms with Gasteiger partial charge in [0.1, 0.15) is 0 Å². The average molecular weight is 308 g/mol. The van der Waals surface area contributed by atoms with Crippen LogP contribution in [0.1, 0.15) is 18.1 Å². The van der Waals surface area contributed by atoms with Gasteiger partial charge in [-0.3, -0.25) is 4.79 Å². The first-order valence-corrected chi connectivity index (χ1v) is 8.00. The van der Waals surface area contributed by atoms with Crippen LogP contribution in [0.4, 0.5) is 0 Å². The highest BCUT2D eigenvalue weighted by atomic mass is 35.7. The zero-order valence-corrected chi connectivity index (χ0v) is 11.9. The lowest BCUT2D eigenvalue weighted by atomic mass is 9.99. The molecule has 1 aliphatic rings. The Labute approximate surface area is 115 Å². The van der Waals surface area contributed by atoms with E-state index in [4.69, 9.17) is 22.3 Å². The molecule has 18 heavy (non-hydrogen) atoms. The Kier molecular flexibility index (Phi) is 3.58. The van der Waals surface area contributed by atoms with Crippen molar-refractivity contribution in [3.63, 3.8) is 0 Å². The van der Waals surface area contributed by atoms with Gasteiger partial charge in [0.25, 0.3) is 9.05 Å². The number of fused-ring (bicyclic) bond motifs is 1. The van der Waals surface area contributed by atoms with Gasteiger partial charge >= 0.3 is 0 Å². The van der Waals surface area contributed by atoms with E-state index < -0.39 is 9.05 Å². The van der Waals surface area contributed by atoms with Crippen molar-refractivity contribution in [3.8, 4) is 0 Å². The third kappa shape index (κ3) is 2.48. The van der Waals surface area contributed by atoms with Gasteiger partial charge in [-0.1, -0.05) is 11.6 Å². The second-order valence-electron chi connectivity index (χ2n) is 4.13. The molecule has 0 fully saturated rings. The van der Waals surface area contributed by atoms with Gasteiger partial charge in [0, 0.05) is 35.7 Å². The van der Waals surface area contributed by atoms with Crippen LogP contribution in [-0.2, 0) is 26.8 Å². The van der Waals surface area contributed by atoms with E-state index in [1.807, 2.05) is 0 Å². The summed E-state index contributed by atoms with van der Waals surface area (Å²) in [4.78, 5) is 13.1. The molecular formula is C11H11Cl2NO3S. The summed E-state index contributed by atoms with van der Waals surface area (Å²) in [7, 11) is 1.61. The van der Waals surface area contributed by atoms with Crippen LogP contribution in [-0.4, -0.2) is 25.8 Å². The Morgan fingerprint density at radius 1 is 1.33 bits per heavy atom. The maximum absolute atomic E-state index is 11.5. The van der Waals surface area contributed by atoms with E-state index in [1.54, 1.807) is 4.90 Å². The molecule has 0 aliphatic carbocycles. The van der Waals surface area contributed by atoms with Gasteiger partial charge in [0.2, 0.25) is 5.91 Å². The van der Waals surface area contributed by atoms with Crippen LogP contribution in [0.3, 0.4) is 0 Å². The van der Waals surface area contributed by atoms with Gasteiger partial charge in [-0.15, -0.1) is 0 Å². The lowest BCUT2D eigenvalue weighted by Gasteiger charge is -2.29. The van der Waals surface area contributed by atoms with Crippen LogP contribution in [0.25, 0.3) is 0 Å². The molecule has 7 heteroatoms. The highest BCUT2D eigenvalue weighted by Crippen LogP contribution is 2.32. The number of carbonyl (C=O) groups excluding carboxylic acids is 1. The summed E-state index contributed by atoms with van der Waals surface area (Å²) in [5.74, 6) is -0.0594. The fourth-order valence-corrected chi connectivity index (χ4v) is 3.52. The topological polar surface area (TPSA) is 54.5 Å². The largest absolute Gasteiger partial charge is 0.338 e. The van der Waals surface area contributed by atoms with Crippen molar-refractivity contribution in [3.05, 3.63) is 28.3 Å². The van der Waals surface area contributed by atoms with Gasteiger partial charge < -0.3 is 4.90 Å². The standard InChI is InChI=1S/C11H11Cl2NO3S/c1-7(15)14-5-4-8-9(6-14)10(12)2-3-11(8)18(13,16)17/h2-3H,4-6H2,1H3. The molecule has 1 aromatic carbocycles. The Bertz CT molecular complexity index is 613. The third-order valence-electron chi connectivity index (χ3n) is 3.02. The molecule has 0 spiro atoms. The maximum Gasteiger partial charge on any atom is 0.261 e. The Balaban J connectivity index is 2.56. The molecule has 0 aromatic heterocycles. The van der Waals surface area contributed by atoms with Crippen molar-refractivity contribution in [2.24, 2.45) is 0 Å². The molecule has 0 unspecified atom stereocenters. The van der Waals surface area contributed by atoms with Crippen molar-refractivity contribution in [1.29, 1.82) is 0 Å². The third-order valence-corrected chi connectivity index (χ3v) is 4.78. The van der Waals surface area contributed by atoms with Crippen molar-refractivity contribution in [2.75, 3.05) is 6.54 Å². The predicted octanol–water partition coefficient (Wildman–Crippen LogP) is 2.17. The molecule has 0 saturated heterocycles. The molecule has 1 aromatic rings. The van der Waals surface area contributed by atoms with Crippen LogP contribution in [0.15, 0.2) is 17.0 Å². The Morgan fingerprint density at radius 3 is 2.56 bits per heavy atom. The number of nitrogens with zero attached hydrogens (tertiary/aromatic N) is 1. The summed E-state index contributed by atoms with van der Waals surface area (Å²) in [5.41, 5.74) is 1.29. The molecule has 98 valence electrons. The van der Waals surface area contributed by atoms with Crippen LogP contribution in [0.5, 0.6) is 0 Å². The van der Waals surface area contributed by atoms with Crippen molar-refractivity contribution >= 4 is 37.2 Å². The molecule has 1 heterocycles. The molecule has 0 saturated carbocycles. The summed E-state index contributed by atoms with van der Waals surface area (Å²) >= 11 is 6.06. The molecule has 2 rings (SSSR count). The van der Waals surface area contributed by atoms with Crippen LogP contribution < -0.4 is 0 Å². The highest BCUT2D eigenvalue weighted by Gasteiger charge is 2.26. The van der Waals surface area contributed by atoms with Crippen LogP contribution in [0, 0.1) is 0 Å². The number of carbonyl (C=O) groups is 1. The Morgan fingerprint density at radius 2 is 2.00 bits per heavy atom. The van der Waals surface area contributed by atoms with Gasteiger partial charge in [0.05, 0.1) is 4.90 Å². The number of hydrogen-bond donors (Lipinski definition) is 0. The predicted molar refractivity (Wildman–Crippen MR) is 69.3 cm³/mol. The monoisotopic (exact) mass is 307 g/mol. The van der Waals surface area contributed by atoms with Crippen LogP contribution in [0.2, 0.25) is 5.02 Å². The minimum Gasteiger partial charge on any atom is -0.338 e. The summed E-state index contributed by atoms with van der Waals surface area (Å²) < 4.78 is 22.9. The van der Waals surface area contributed by atoms with E-state index in [9.17, 15) is 13.2 Å². The normalized spacial score (nSPS) is 15.4.